The Morgan fingerprint density at radius 2 is 2.31 bits per heavy atom. The minimum atomic E-state index is -0.702. The SMILES string of the molecule is C[C@@H](O)c1ccc(F)cc1OCCCC#N. The van der Waals surface area contributed by atoms with Crippen molar-refractivity contribution in [2.45, 2.75) is 25.9 Å². The smallest absolute Gasteiger partial charge is 0.127 e. The van der Waals surface area contributed by atoms with Gasteiger partial charge in [0, 0.05) is 18.1 Å². The van der Waals surface area contributed by atoms with E-state index in [2.05, 4.69) is 0 Å². The minimum Gasteiger partial charge on any atom is -0.493 e. The molecule has 0 saturated carbocycles. The average molecular weight is 223 g/mol. The van der Waals surface area contributed by atoms with Crippen LogP contribution in [0.1, 0.15) is 31.4 Å². The molecule has 16 heavy (non-hydrogen) atoms. The van der Waals surface area contributed by atoms with Gasteiger partial charge < -0.3 is 9.84 Å². The third kappa shape index (κ3) is 3.52. The number of halogens is 1. The second kappa shape index (κ2) is 6.09. The van der Waals surface area contributed by atoms with Gasteiger partial charge in [-0.05, 0) is 25.5 Å². The molecule has 1 aromatic carbocycles. The molecule has 1 atom stereocenters. The van der Waals surface area contributed by atoms with E-state index in [9.17, 15) is 9.50 Å². The summed E-state index contributed by atoms with van der Waals surface area (Å²) in [5.41, 5.74) is 0.554. The quantitative estimate of drug-likeness (QED) is 0.780. The number of benzene rings is 1. The van der Waals surface area contributed by atoms with E-state index in [0.717, 1.165) is 0 Å². The first-order valence-electron chi connectivity index (χ1n) is 5.12. The number of nitrogens with zero attached hydrogens (tertiary/aromatic N) is 1. The summed E-state index contributed by atoms with van der Waals surface area (Å²) in [5.74, 6) is -0.0624. The maximum Gasteiger partial charge on any atom is 0.127 e. The highest BCUT2D eigenvalue weighted by molar-refractivity contribution is 5.35. The molecule has 1 N–H and O–H groups in total. The molecule has 0 spiro atoms. The van der Waals surface area contributed by atoms with Crippen LogP contribution in [-0.4, -0.2) is 11.7 Å². The molecule has 1 aromatic rings. The molecule has 1 rings (SSSR count). The Morgan fingerprint density at radius 1 is 1.56 bits per heavy atom. The van der Waals surface area contributed by atoms with Gasteiger partial charge in [0.15, 0.2) is 0 Å². The Morgan fingerprint density at radius 3 is 2.94 bits per heavy atom. The van der Waals surface area contributed by atoms with Crippen LogP contribution in [0.5, 0.6) is 5.75 Å². The van der Waals surface area contributed by atoms with E-state index in [1.165, 1.54) is 18.2 Å². The number of ether oxygens (including phenoxy) is 1. The standard InChI is InChI=1S/C12H14FNO2/c1-9(15)11-5-4-10(13)8-12(11)16-7-3-2-6-14/h4-5,8-9,15H,2-3,7H2,1H3/t9-/m1/s1. The summed E-state index contributed by atoms with van der Waals surface area (Å²) in [7, 11) is 0. The van der Waals surface area contributed by atoms with Crippen molar-refractivity contribution < 1.29 is 14.2 Å². The van der Waals surface area contributed by atoms with E-state index >= 15 is 0 Å². The van der Waals surface area contributed by atoms with Gasteiger partial charge in [-0.25, -0.2) is 4.39 Å². The highest BCUT2D eigenvalue weighted by Gasteiger charge is 2.10. The largest absolute Gasteiger partial charge is 0.493 e. The maximum atomic E-state index is 13.0. The molecule has 0 aliphatic rings. The molecule has 0 unspecified atom stereocenters. The number of aliphatic hydroxyl groups excluding tert-OH is 1. The molecular weight excluding hydrogens is 209 g/mol. The van der Waals surface area contributed by atoms with Crippen LogP contribution in [0.3, 0.4) is 0 Å². The number of nitriles is 1. The van der Waals surface area contributed by atoms with E-state index in [-0.39, 0.29) is 0 Å². The predicted octanol–water partition coefficient (Wildman–Crippen LogP) is 2.56. The Hall–Kier alpha value is -1.60. The molecule has 0 heterocycles. The average Bonchev–Trinajstić information content (AvgIpc) is 2.24. The van der Waals surface area contributed by atoms with E-state index in [4.69, 9.17) is 10.00 Å². The first kappa shape index (κ1) is 12.5. The molecule has 3 nitrogen and oxygen atoms in total. The normalized spacial score (nSPS) is 11.9. The van der Waals surface area contributed by atoms with Gasteiger partial charge in [0.05, 0.1) is 18.8 Å². The molecule has 0 saturated heterocycles. The highest BCUT2D eigenvalue weighted by Crippen LogP contribution is 2.26. The molecular formula is C12H14FNO2. The molecule has 0 aliphatic carbocycles. The summed E-state index contributed by atoms with van der Waals surface area (Å²) in [6.07, 6.45) is 0.289. The third-order valence-corrected chi connectivity index (χ3v) is 2.12. The zero-order valence-electron chi connectivity index (χ0n) is 9.11. The topological polar surface area (TPSA) is 53.2 Å². The van der Waals surface area contributed by atoms with Crippen LogP contribution in [0.4, 0.5) is 4.39 Å². The van der Waals surface area contributed by atoms with Crippen LogP contribution in [0.2, 0.25) is 0 Å². The lowest BCUT2D eigenvalue weighted by atomic mass is 10.1. The molecule has 4 heteroatoms. The van der Waals surface area contributed by atoms with Gasteiger partial charge in [-0.15, -0.1) is 0 Å². The van der Waals surface area contributed by atoms with Crippen LogP contribution in [0, 0.1) is 17.1 Å². The minimum absolute atomic E-state index is 0.341. The van der Waals surface area contributed by atoms with Crippen molar-refractivity contribution in [3.05, 3.63) is 29.6 Å². The lowest BCUT2D eigenvalue weighted by Gasteiger charge is -2.12. The molecule has 0 fully saturated rings. The number of aliphatic hydroxyl groups is 1. The fourth-order valence-electron chi connectivity index (χ4n) is 1.31. The third-order valence-electron chi connectivity index (χ3n) is 2.12. The van der Waals surface area contributed by atoms with Crippen LogP contribution >= 0.6 is 0 Å². The molecule has 0 radical (unpaired) electrons. The van der Waals surface area contributed by atoms with E-state index in [0.29, 0.717) is 30.8 Å². The zero-order chi connectivity index (χ0) is 12.0. The van der Waals surface area contributed by atoms with Gasteiger partial charge in [-0.2, -0.15) is 5.26 Å². The number of unbranched alkanes of at least 4 members (excludes halogenated alkanes) is 1. The van der Waals surface area contributed by atoms with E-state index < -0.39 is 11.9 Å². The monoisotopic (exact) mass is 223 g/mol. The van der Waals surface area contributed by atoms with Gasteiger partial charge in [-0.1, -0.05) is 0 Å². The van der Waals surface area contributed by atoms with E-state index in [1.54, 1.807) is 6.92 Å². The molecule has 86 valence electrons. The van der Waals surface area contributed by atoms with Gasteiger partial charge >= 0.3 is 0 Å². The first-order chi connectivity index (χ1) is 7.65. The van der Waals surface area contributed by atoms with E-state index in [1.807, 2.05) is 6.07 Å². The Kier molecular flexibility index (Phi) is 4.74. The Labute approximate surface area is 94.1 Å². The van der Waals surface area contributed by atoms with Crippen molar-refractivity contribution in [2.75, 3.05) is 6.61 Å². The second-order valence-corrected chi connectivity index (χ2v) is 3.47. The first-order valence-corrected chi connectivity index (χ1v) is 5.12. The predicted molar refractivity (Wildman–Crippen MR) is 57.4 cm³/mol. The summed E-state index contributed by atoms with van der Waals surface area (Å²) >= 11 is 0. The second-order valence-electron chi connectivity index (χ2n) is 3.47. The van der Waals surface area contributed by atoms with Crippen LogP contribution in [-0.2, 0) is 0 Å². The van der Waals surface area contributed by atoms with Crippen molar-refractivity contribution in [3.63, 3.8) is 0 Å². The molecule has 0 aliphatic heterocycles. The summed E-state index contributed by atoms with van der Waals surface area (Å²) in [6.45, 7) is 1.94. The summed E-state index contributed by atoms with van der Waals surface area (Å²) < 4.78 is 18.3. The molecule has 0 amide bonds. The summed E-state index contributed by atoms with van der Waals surface area (Å²) in [4.78, 5) is 0. The Balaban J connectivity index is 2.69. The van der Waals surface area contributed by atoms with Crippen molar-refractivity contribution in [1.29, 1.82) is 5.26 Å². The van der Waals surface area contributed by atoms with Crippen molar-refractivity contribution in [3.8, 4) is 11.8 Å². The number of hydrogen-bond donors (Lipinski definition) is 1. The molecule has 0 aromatic heterocycles. The summed E-state index contributed by atoms with van der Waals surface area (Å²) in [6, 6.07) is 6.03. The van der Waals surface area contributed by atoms with Crippen LogP contribution in [0.25, 0.3) is 0 Å². The zero-order valence-corrected chi connectivity index (χ0v) is 9.11. The van der Waals surface area contributed by atoms with Crippen LogP contribution < -0.4 is 4.74 Å². The van der Waals surface area contributed by atoms with Crippen LogP contribution in [0.15, 0.2) is 18.2 Å². The van der Waals surface area contributed by atoms with Crippen molar-refractivity contribution in [2.24, 2.45) is 0 Å². The highest BCUT2D eigenvalue weighted by atomic mass is 19.1. The van der Waals surface area contributed by atoms with Gasteiger partial charge in [0.1, 0.15) is 11.6 Å². The number of rotatable bonds is 5. The number of hydrogen-bond acceptors (Lipinski definition) is 3. The lowest BCUT2D eigenvalue weighted by molar-refractivity contribution is 0.190. The summed E-state index contributed by atoms with van der Waals surface area (Å²) in [5, 5.41) is 17.8. The van der Waals surface area contributed by atoms with Gasteiger partial charge in [0.25, 0.3) is 0 Å². The van der Waals surface area contributed by atoms with Crippen molar-refractivity contribution >= 4 is 0 Å². The fourth-order valence-corrected chi connectivity index (χ4v) is 1.31. The maximum absolute atomic E-state index is 13.0. The Bertz CT molecular complexity index is 385. The lowest BCUT2D eigenvalue weighted by Crippen LogP contribution is -2.02. The fraction of sp³-hybridized carbons (Fsp3) is 0.417. The van der Waals surface area contributed by atoms with Gasteiger partial charge in [0.2, 0.25) is 0 Å². The van der Waals surface area contributed by atoms with Crippen molar-refractivity contribution in [1.82, 2.24) is 0 Å². The van der Waals surface area contributed by atoms with Gasteiger partial charge in [-0.3, -0.25) is 0 Å². The molecule has 0 bridgehead atoms.